The lowest BCUT2D eigenvalue weighted by molar-refractivity contribution is -0.0917. The summed E-state index contributed by atoms with van der Waals surface area (Å²) in [6, 6.07) is 8.01. The van der Waals surface area contributed by atoms with Crippen molar-refractivity contribution in [3.8, 4) is 0 Å². The SMILES string of the molecule is OC(O)[C@H]1CCCN1Cc1cccc(Br)c1. The van der Waals surface area contributed by atoms with E-state index in [0.29, 0.717) is 0 Å². The third-order valence-corrected chi connectivity index (χ3v) is 3.53. The lowest BCUT2D eigenvalue weighted by atomic mass is 10.2. The van der Waals surface area contributed by atoms with Crippen molar-refractivity contribution in [1.82, 2.24) is 4.90 Å². The van der Waals surface area contributed by atoms with E-state index in [9.17, 15) is 10.2 Å². The van der Waals surface area contributed by atoms with Crippen LogP contribution in [0.5, 0.6) is 0 Å². The van der Waals surface area contributed by atoms with Crippen LogP contribution >= 0.6 is 15.9 Å². The van der Waals surface area contributed by atoms with E-state index in [1.54, 1.807) is 0 Å². The first kappa shape index (κ1) is 12.0. The maximum Gasteiger partial charge on any atom is 0.167 e. The molecule has 1 aliphatic rings. The third kappa shape index (κ3) is 2.83. The van der Waals surface area contributed by atoms with Gasteiger partial charge in [-0.3, -0.25) is 4.90 Å². The maximum absolute atomic E-state index is 9.26. The summed E-state index contributed by atoms with van der Waals surface area (Å²) in [4.78, 5) is 2.13. The minimum atomic E-state index is -1.23. The molecule has 0 aromatic heterocycles. The highest BCUT2D eigenvalue weighted by Gasteiger charge is 2.29. The van der Waals surface area contributed by atoms with E-state index in [4.69, 9.17) is 0 Å². The topological polar surface area (TPSA) is 43.7 Å². The second-order valence-electron chi connectivity index (χ2n) is 4.22. The second-order valence-corrected chi connectivity index (χ2v) is 5.14. The molecule has 1 saturated heterocycles. The summed E-state index contributed by atoms with van der Waals surface area (Å²) in [6.45, 7) is 1.72. The zero-order valence-electron chi connectivity index (χ0n) is 9.01. The van der Waals surface area contributed by atoms with Gasteiger partial charge in [0.25, 0.3) is 0 Å². The first-order valence-electron chi connectivity index (χ1n) is 5.51. The molecule has 1 atom stereocenters. The molecule has 0 bridgehead atoms. The first-order chi connectivity index (χ1) is 7.66. The van der Waals surface area contributed by atoms with Crippen molar-refractivity contribution in [3.63, 3.8) is 0 Å². The highest BCUT2D eigenvalue weighted by atomic mass is 79.9. The van der Waals surface area contributed by atoms with E-state index < -0.39 is 6.29 Å². The van der Waals surface area contributed by atoms with Crippen LogP contribution in [0, 0.1) is 0 Å². The van der Waals surface area contributed by atoms with Crippen LogP contribution in [0.2, 0.25) is 0 Å². The van der Waals surface area contributed by atoms with Crippen molar-refractivity contribution in [2.24, 2.45) is 0 Å². The standard InChI is InChI=1S/C12H16BrNO2/c13-10-4-1-3-9(7-10)8-14-6-2-5-11(14)12(15)16/h1,3-4,7,11-12,15-16H,2,5-6,8H2/t11-/m1/s1. The summed E-state index contributed by atoms with van der Waals surface area (Å²) in [5.74, 6) is 0. The molecule has 0 amide bonds. The van der Waals surface area contributed by atoms with E-state index in [2.05, 4.69) is 33.0 Å². The number of benzene rings is 1. The molecule has 2 rings (SSSR count). The fourth-order valence-electron chi connectivity index (χ4n) is 2.26. The van der Waals surface area contributed by atoms with Crippen LogP contribution in [-0.2, 0) is 6.54 Å². The lowest BCUT2D eigenvalue weighted by Crippen LogP contribution is -2.38. The Balaban J connectivity index is 2.04. The molecule has 88 valence electrons. The Kier molecular flexibility index (Phi) is 3.97. The molecule has 2 N–H and O–H groups in total. The molecule has 1 aliphatic heterocycles. The van der Waals surface area contributed by atoms with Gasteiger partial charge in [-0.15, -0.1) is 0 Å². The highest BCUT2D eigenvalue weighted by molar-refractivity contribution is 9.10. The molecule has 0 spiro atoms. The Labute approximate surface area is 104 Å². The van der Waals surface area contributed by atoms with Crippen LogP contribution < -0.4 is 0 Å². The number of halogens is 1. The minimum Gasteiger partial charge on any atom is -0.367 e. The Morgan fingerprint density at radius 3 is 2.94 bits per heavy atom. The van der Waals surface area contributed by atoms with Gasteiger partial charge in [0.15, 0.2) is 6.29 Å². The van der Waals surface area contributed by atoms with E-state index in [1.165, 1.54) is 5.56 Å². The molecule has 1 fully saturated rings. The van der Waals surface area contributed by atoms with Gasteiger partial charge in [-0.25, -0.2) is 0 Å². The second kappa shape index (κ2) is 5.27. The van der Waals surface area contributed by atoms with E-state index >= 15 is 0 Å². The van der Waals surface area contributed by atoms with Crippen LogP contribution in [0.25, 0.3) is 0 Å². The molecule has 1 heterocycles. The van der Waals surface area contributed by atoms with Crippen molar-refractivity contribution in [3.05, 3.63) is 34.3 Å². The first-order valence-corrected chi connectivity index (χ1v) is 6.31. The normalized spacial score (nSPS) is 21.9. The molecule has 1 aromatic carbocycles. The van der Waals surface area contributed by atoms with Crippen LogP contribution in [0.15, 0.2) is 28.7 Å². The zero-order chi connectivity index (χ0) is 11.5. The average molecular weight is 286 g/mol. The smallest absolute Gasteiger partial charge is 0.167 e. The van der Waals surface area contributed by atoms with Crippen molar-refractivity contribution in [1.29, 1.82) is 0 Å². The lowest BCUT2D eigenvalue weighted by Gasteiger charge is -2.25. The number of likely N-dealkylation sites (tertiary alicyclic amines) is 1. The summed E-state index contributed by atoms with van der Waals surface area (Å²) in [5.41, 5.74) is 1.20. The number of aliphatic hydroxyl groups excluding tert-OH is 1. The monoisotopic (exact) mass is 285 g/mol. The number of nitrogens with zero attached hydrogens (tertiary/aromatic N) is 1. The highest BCUT2D eigenvalue weighted by Crippen LogP contribution is 2.22. The molecular formula is C12H16BrNO2. The van der Waals surface area contributed by atoms with Crippen LogP contribution in [0.4, 0.5) is 0 Å². The predicted octanol–water partition coefficient (Wildman–Crippen LogP) is 1.72. The van der Waals surface area contributed by atoms with Gasteiger partial charge in [0.05, 0.1) is 6.04 Å². The summed E-state index contributed by atoms with van der Waals surface area (Å²) < 4.78 is 1.06. The summed E-state index contributed by atoms with van der Waals surface area (Å²) in [6.07, 6.45) is 0.678. The Morgan fingerprint density at radius 2 is 2.25 bits per heavy atom. The van der Waals surface area contributed by atoms with Crippen molar-refractivity contribution < 1.29 is 10.2 Å². The van der Waals surface area contributed by atoms with Gasteiger partial charge in [0.1, 0.15) is 0 Å². The molecule has 0 radical (unpaired) electrons. The third-order valence-electron chi connectivity index (χ3n) is 3.03. The summed E-state index contributed by atoms with van der Waals surface area (Å²) in [7, 11) is 0. The Hall–Kier alpha value is -0.420. The van der Waals surface area contributed by atoms with Gasteiger partial charge in [-0.1, -0.05) is 28.1 Å². The fraction of sp³-hybridized carbons (Fsp3) is 0.500. The van der Waals surface area contributed by atoms with E-state index in [1.807, 2.05) is 12.1 Å². The quantitative estimate of drug-likeness (QED) is 0.832. The van der Waals surface area contributed by atoms with Crippen LogP contribution in [-0.4, -0.2) is 34.0 Å². The average Bonchev–Trinajstić information content (AvgIpc) is 2.66. The van der Waals surface area contributed by atoms with Crippen LogP contribution in [0.1, 0.15) is 18.4 Å². The number of hydrogen-bond acceptors (Lipinski definition) is 3. The van der Waals surface area contributed by atoms with E-state index in [-0.39, 0.29) is 6.04 Å². The van der Waals surface area contributed by atoms with Gasteiger partial charge < -0.3 is 10.2 Å². The molecule has 3 nitrogen and oxygen atoms in total. The Morgan fingerprint density at radius 1 is 1.44 bits per heavy atom. The van der Waals surface area contributed by atoms with E-state index in [0.717, 1.165) is 30.4 Å². The van der Waals surface area contributed by atoms with Gasteiger partial charge >= 0.3 is 0 Å². The van der Waals surface area contributed by atoms with Crippen molar-refractivity contribution >= 4 is 15.9 Å². The fourth-order valence-corrected chi connectivity index (χ4v) is 2.70. The largest absolute Gasteiger partial charge is 0.367 e. The van der Waals surface area contributed by atoms with Crippen LogP contribution in [0.3, 0.4) is 0 Å². The molecule has 0 saturated carbocycles. The molecular weight excluding hydrogens is 270 g/mol. The number of aliphatic hydroxyl groups is 2. The minimum absolute atomic E-state index is 0.112. The molecule has 16 heavy (non-hydrogen) atoms. The molecule has 1 aromatic rings. The van der Waals surface area contributed by atoms with Crippen molar-refractivity contribution in [2.45, 2.75) is 31.7 Å². The maximum atomic E-state index is 9.26. The Bertz CT molecular complexity index is 357. The number of rotatable bonds is 3. The molecule has 0 unspecified atom stereocenters. The molecule has 4 heteroatoms. The van der Waals surface area contributed by atoms with Crippen molar-refractivity contribution in [2.75, 3.05) is 6.54 Å². The van der Waals surface area contributed by atoms with Gasteiger partial charge in [0, 0.05) is 11.0 Å². The summed E-state index contributed by atoms with van der Waals surface area (Å²) in [5, 5.41) is 18.5. The number of hydrogen-bond donors (Lipinski definition) is 2. The van der Waals surface area contributed by atoms with Gasteiger partial charge in [-0.2, -0.15) is 0 Å². The van der Waals surface area contributed by atoms with Gasteiger partial charge in [0.2, 0.25) is 0 Å². The molecule has 0 aliphatic carbocycles. The predicted molar refractivity (Wildman–Crippen MR) is 65.8 cm³/mol. The zero-order valence-corrected chi connectivity index (χ0v) is 10.6. The summed E-state index contributed by atoms with van der Waals surface area (Å²) >= 11 is 3.44. The van der Waals surface area contributed by atoms with Gasteiger partial charge in [-0.05, 0) is 37.1 Å².